The van der Waals surface area contributed by atoms with E-state index in [4.69, 9.17) is 4.74 Å². The molecule has 0 amide bonds. The van der Waals surface area contributed by atoms with Crippen LogP contribution in [-0.2, 0) is 4.79 Å². The summed E-state index contributed by atoms with van der Waals surface area (Å²) < 4.78 is 6.70. The molecule has 1 unspecified atom stereocenters. The Bertz CT molecular complexity index is 567. The third kappa shape index (κ3) is 3.11. The van der Waals surface area contributed by atoms with Crippen LogP contribution >= 0.6 is 11.8 Å². The number of nitrogens with zero attached hydrogens (tertiary/aromatic N) is 4. The molecule has 100 valence electrons. The average molecular weight is 278 g/mol. The largest absolute Gasteiger partial charge is 0.497 e. The summed E-state index contributed by atoms with van der Waals surface area (Å²) in [5, 5.41) is 11.9. The van der Waals surface area contributed by atoms with Gasteiger partial charge in [-0.15, -0.1) is 5.10 Å². The monoisotopic (exact) mass is 278 g/mol. The van der Waals surface area contributed by atoms with E-state index >= 15 is 0 Å². The highest BCUT2D eigenvalue weighted by Crippen LogP contribution is 2.24. The van der Waals surface area contributed by atoms with E-state index in [0.717, 1.165) is 11.4 Å². The fourth-order valence-corrected chi connectivity index (χ4v) is 2.19. The van der Waals surface area contributed by atoms with E-state index in [2.05, 4.69) is 15.5 Å². The fraction of sp³-hybridized carbons (Fsp3) is 0.333. The van der Waals surface area contributed by atoms with Crippen molar-refractivity contribution in [2.24, 2.45) is 0 Å². The van der Waals surface area contributed by atoms with Crippen LogP contribution in [0.2, 0.25) is 0 Å². The lowest BCUT2D eigenvalue weighted by molar-refractivity contribution is -0.116. The predicted octanol–water partition coefficient (Wildman–Crippen LogP) is 1.74. The number of rotatable bonds is 5. The first-order chi connectivity index (χ1) is 9.11. The Hall–Kier alpha value is -1.89. The molecule has 0 saturated carbocycles. The lowest BCUT2D eigenvalue weighted by Crippen LogP contribution is -2.10. The van der Waals surface area contributed by atoms with E-state index in [0.29, 0.717) is 5.16 Å². The molecule has 1 heterocycles. The van der Waals surface area contributed by atoms with E-state index in [1.807, 2.05) is 31.2 Å². The van der Waals surface area contributed by atoms with Gasteiger partial charge in [-0.05, 0) is 48.5 Å². The number of hydrogen-bond acceptors (Lipinski definition) is 6. The molecule has 0 aliphatic carbocycles. The van der Waals surface area contributed by atoms with Gasteiger partial charge in [-0.1, -0.05) is 11.8 Å². The molecular formula is C12H14N4O2S. The van der Waals surface area contributed by atoms with Gasteiger partial charge in [0.05, 0.1) is 18.0 Å². The maximum atomic E-state index is 11.3. The van der Waals surface area contributed by atoms with Crippen molar-refractivity contribution in [2.75, 3.05) is 7.11 Å². The molecule has 0 saturated heterocycles. The molecule has 0 N–H and O–H groups in total. The Morgan fingerprint density at radius 1 is 1.37 bits per heavy atom. The third-order valence-corrected chi connectivity index (χ3v) is 3.76. The molecule has 0 spiro atoms. The maximum Gasteiger partial charge on any atom is 0.214 e. The van der Waals surface area contributed by atoms with Crippen molar-refractivity contribution < 1.29 is 9.53 Å². The Balaban J connectivity index is 2.25. The molecule has 0 bridgehead atoms. The van der Waals surface area contributed by atoms with E-state index in [9.17, 15) is 4.79 Å². The molecule has 0 radical (unpaired) electrons. The smallest absolute Gasteiger partial charge is 0.214 e. The molecule has 1 atom stereocenters. The van der Waals surface area contributed by atoms with Crippen LogP contribution < -0.4 is 4.74 Å². The molecule has 0 fully saturated rings. The van der Waals surface area contributed by atoms with Crippen molar-refractivity contribution in [3.8, 4) is 11.4 Å². The minimum Gasteiger partial charge on any atom is -0.497 e. The second kappa shape index (κ2) is 5.83. The summed E-state index contributed by atoms with van der Waals surface area (Å²) in [5.74, 6) is 0.859. The summed E-state index contributed by atoms with van der Waals surface area (Å²) in [6.07, 6.45) is 0. The number of thioether (sulfide) groups is 1. The van der Waals surface area contributed by atoms with Crippen molar-refractivity contribution >= 4 is 17.5 Å². The van der Waals surface area contributed by atoms with Gasteiger partial charge in [0.15, 0.2) is 0 Å². The van der Waals surface area contributed by atoms with Crippen LogP contribution in [0.25, 0.3) is 5.69 Å². The lowest BCUT2D eigenvalue weighted by Gasteiger charge is -2.08. The van der Waals surface area contributed by atoms with Gasteiger partial charge in [0.1, 0.15) is 11.5 Å². The number of Topliss-reactive ketones (excluding diaryl/α,β-unsaturated/α-hetero) is 1. The summed E-state index contributed by atoms with van der Waals surface area (Å²) in [6.45, 7) is 3.39. The molecule has 1 aromatic carbocycles. The van der Waals surface area contributed by atoms with Crippen molar-refractivity contribution in [3.05, 3.63) is 24.3 Å². The minimum atomic E-state index is -0.178. The van der Waals surface area contributed by atoms with E-state index in [1.165, 1.54) is 11.8 Å². The first kappa shape index (κ1) is 13.5. The summed E-state index contributed by atoms with van der Waals surface area (Å²) >= 11 is 1.34. The van der Waals surface area contributed by atoms with Gasteiger partial charge in [-0.2, -0.15) is 4.68 Å². The summed E-state index contributed by atoms with van der Waals surface area (Å²) in [5.41, 5.74) is 0.823. The third-order valence-electron chi connectivity index (χ3n) is 2.61. The first-order valence-corrected chi connectivity index (χ1v) is 6.59. The molecular weight excluding hydrogens is 264 g/mol. The van der Waals surface area contributed by atoms with Gasteiger partial charge < -0.3 is 4.74 Å². The van der Waals surface area contributed by atoms with Crippen molar-refractivity contribution in [3.63, 3.8) is 0 Å². The first-order valence-electron chi connectivity index (χ1n) is 5.71. The van der Waals surface area contributed by atoms with Gasteiger partial charge in [-0.3, -0.25) is 4.79 Å². The summed E-state index contributed by atoms with van der Waals surface area (Å²) in [6, 6.07) is 7.38. The number of benzene rings is 1. The number of aromatic nitrogens is 4. The number of ketones is 1. The van der Waals surface area contributed by atoms with E-state index < -0.39 is 0 Å². The normalized spacial score (nSPS) is 12.2. The quantitative estimate of drug-likeness (QED) is 0.776. The second-order valence-corrected chi connectivity index (χ2v) is 5.25. The molecule has 2 aromatic rings. The van der Waals surface area contributed by atoms with Crippen LogP contribution in [-0.4, -0.2) is 38.4 Å². The number of hydrogen-bond donors (Lipinski definition) is 0. The minimum absolute atomic E-state index is 0.0919. The van der Waals surface area contributed by atoms with Crippen molar-refractivity contribution in [2.45, 2.75) is 24.3 Å². The lowest BCUT2D eigenvalue weighted by atomic mass is 10.3. The van der Waals surface area contributed by atoms with Gasteiger partial charge in [0.2, 0.25) is 5.16 Å². The zero-order valence-electron chi connectivity index (χ0n) is 10.9. The SMILES string of the molecule is COc1ccc(-n2nnnc2SC(C)C(C)=O)cc1. The van der Waals surface area contributed by atoms with Crippen molar-refractivity contribution in [1.29, 1.82) is 0 Å². The van der Waals surface area contributed by atoms with Gasteiger partial charge in [-0.25, -0.2) is 0 Å². The highest BCUT2D eigenvalue weighted by molar-refractivity contribution is 8.00. The molecule has 0 aliphatic rings. The number of carbonyl (C=O) groups excluding carboxylic acids is 1. The molecule has 2 rings (SSSR count). The zero-order chi connectivity index (χ0) is 13.8. The van der Waals surface area contributed by atoms with Gasteiger partial charge in [0.25, 0.3) is 0 Å². The molecule has 7 heteroatoms. The topological polar surface area (TPSA) is 69.9 Å². The van der Waals surface area contributed by atoms with Crippen molar-refractivity contribution in [1.82, 2.24) is 20.2 Å². The number of methoxy groups -OCH3 is 1. The Labute approximate surface area is 115 Å². The number of tetrazole rings is 1. The van der Waals surface area contributed by atoms with Gasteiger partial charge in [0, 0.05) is 0 Å². The molecule has 1 aromatic heterocycles. The molecule has 19 heavy (non-hydrogen) atoms. The average Bonchev–Trinajstić information content (AvgIpc) is 2.87. The van der Waals surface area contributed by atoms with Crippen LogP contribution in [0, 0.1) is 0 Å². The van der Waals surface area contributed by atoms with E-state index in [1.54, 1.807) is 18.7 Å². The molecule has 6 nitrogen and oxygen atoms in total. The highest BCUT2D eigenvalue weighted by Gasteiger charge is 2.16. The highest BCUT2D eigenvalue weighted by atomic mass is 32.2. The predicted molar refractivity (Wildman–Crippen MR) is 71.7 cm³/mol. The van der Waals surface area contributed by atoms with Crippen LogP contribution in [0.4, 0.5) is 0 Å². The van der Waals surface area contributed by atoms with Gasteiger partial charge >= 0.3 is 0 Å². The van der Waals surface area contributed by atoms with E-state index in [-0.39, 0.29) is 11.0 Å². The maximum absolute atomic E-state index is 11.3. The fourth-order valence-electron chi connectivity index (χ4n) is 1.38. The number of carbonyl (C=O) groups is 1. The molecule has 0 aliphatic heterocycles. The van der Waals surface area contributed by atoms with Crippen LogP contribution in [0.1, 0.15) is 13.8 Å². The summed E-state index contributed by atoms with van der Waals surface area (Å²) in [4.78, 5) is 11.3. The van der Waals surface area contributed by atoms with Crippen LogP contribution in [0.5, 0.6) is 5.75 Å². The van der Waals surface area contributed by atoms with Crippen LogP contribution in [0.3, 0.4) is 0 Å². The Morgan fingerprint density at radius 2 is 2.05 bits per heavy atom. The zero-order valence-corrected chi connectivity index (χ0v) is 11.7. The Kier molecular flexibility index (Phi) is 4.16. The summed E-state index contributed by atoms with van der Waals surface area (Å²) in [7, 11) is 1.61. The Morgan fingerprint density at radius 3 is 2.63 bits per heavy atom. The second-order valence-electron chi connectivity index (χ2n) is 3.94. The van der Waals surface area contributed by atoms with Crippen LogP contribution in [0.15, 0.2) is 29.4 Å². The standard InChI is InChI=1S/C12H14N4O2S/c1-8(17)9(2)19-12-13-14-15-16(12)10-4-6-11(18-3)7-5-10/h4-7,9H,1-3H3. The number of ether oxygens (including phenoxy) is 1.